The largest absolute Gasteiger partial charge is 0.477 e. The van der Waals surface area contributed by atoms with Gasteiger partial charge in [-0.2, -0.15) is 0 Å². The fourth-order valence-corrected chi connectivity index (χ4v) is 7.72. The average Bonchev–Trinajstić information content (AvgIpc) is 3.21. The van der Waals surface area contributed by atoms with Gasteiger partial charge in [-0.25, -0.2) is 4.79 Å². The van der Waals surface area contributed by atoms with Crippen molar-refractivity contribution in [2.45, 2.75) is 251 Å². The van der Waals surface area contributed by atoms with Gasteiger partial charge in [0.25, 0.3) is 0 Å². The minimum absolute atomic E-state index is 0.0494. The van der Waals surface area contributed by atoms with Crippen LogP contribution in [0, 0.1) is 0 Å². The lowest BCUT2D eigenvalue weighted by Crippen LogP contribution is -2.50. The molecule has 0 aliphatic rings. The zero-order valence-corrected chi connectivity index (χ0v) is 40.2. The van der Waals surface area contributed by atoms with E-state index in [1.54, 1.807) is 0 Å². The second-order valence-electron chi connectivity index (χ2n) is 18.4. The van der Waals surface area contributed by atoms with Crippen molar-refractivity contribution in [1.82, 2.24) is 0 Å². The number of esters is 2. The van der Waals surface area contributed by atoms with Crippen LogP contribution in [0.15, 0.2) is 24.3 Å². The molecular formula is C52H98NO7+. The second-order valence-corrected chi connectivity index (χ2v) is 18.4. The Bertz CT molecular complexity index is 1040. The molecule has 0 amide bonds. The Hall–Kier alpha value is -2.19. The number of ether oxygens (including phenoxy) is 3. The van der Waals surface area contributed by atoms with Crippen LogP contribution in [0.25, 0.3) is 0 Å². The third-order valence-corrected chi connectivity index (χ3v) is 11.6. The summed E-state index contributed by atoms with van der Waals surface area (Å²) in [4.78, 5) is 37.1. The van der Waals surface area contributed by atoms with Gasteiger partial charge in [-0.1, -0.05) is 205 Å². The number of likely N-dealkylation sites (N-methyl/N-ethyl adjacent to an activating group) is 1. The van der Waals surface area contributed by atoms with E-state index in [1.165, 1.54) is 148 Å². The van der Waals surface area contributed by atoms with E-state index in [0.29, 0.717) is 19.3 Å². The van der Waals surface area contributed by atoms with Crippen LogP contribution in [-0.2, 0) is 28.6 Å². The second kappa shape index (κ2) is 43.5. The Morgan fingerprint density at radius 3 is 1.37 bits per heavy atom. The third kappa shape index (κ3) is 41.2. The summed E-state index contributed by atoms with van der Waals surface area (Å²) in [6.07, 6.45) is 49.5. The molecule has 2 unspecified atom stereocenters. The van der Waals surface area contributed by atoms with E-state index < -0.39 is 18.1 Å². The molecule has 1 N–H and O–H groups in total. The molecule has 8 heteroatoms. The normalized spacial score (nSPS) is 13.0. The van der Waals surface area contributed by atoms with E-state index in [0.717, 1.165) is 57.8 Å². The average molecular weight is 849 g/mol. The summed E-state index contributed by atoms with van der Waals surface area (Å²) >= 11 is 0. The monoisotopic (exact) mass is 849 g/mol. The number of hydrogen-bond acceptors (Lipinski definition) is 6. The van der Waals surface area contributed by atoms with Crippen LogP contribution in [0.4, 0.5) is 0 Å². The highest BCUT2D eigenvalue weighted by Crippen LogP contribution is 2.17. The Balaban J connectivity index is 4.16. The summed E-state index contributed by atoms with van der Waals surface area (Å²) in [7, 11) is 5.54. The molecule has 8 nitrogen and oxygen atoms in total. The number of unbranched alkanes of at least 4 members (excludes halogenated alkanes) is 28. The lowest BCUT2D eigenvalue weighted by molar-refractivity contribution is -0.887. The highest BCUT2D eigenvalue weighted by Gasteiger charge is 2.31. The molecule has 0 saturated carbocycles. The number of nitrogens with zero attached hydrogens (tertiary/aromatic N) is 1. The molecule has 0 heterocycles. The van der Waals surface area contributed by atoms with Gasteiger partial charge in [-0.15, -0.1) is 0 Å². The maximum atomic E-state index is 12.7. The molecule has 0 aromatic heterocycles. The smallest absolute Gasteiger partial charge is 0.362 e. The van der Waals surface area contributed by atoms with Gasteiger partial charge >= 0.3 is 17.9 Å². The summed E-state index contributed by atoms with van der Waals surface area (Å²) in [5.74, 6) is -1.46. The molecule has 0 fully saturated rings. The number of hydrogen-bond donors (Lipinski definition) is 1. The number of carboxylic acid groups (broad SMARTS) is 1. The maximum absolute atomic E-state index is 12.7. The first kappa shape index (κ1) is 57.8. The van der Waals surface area contributed by atoms with Gasteiger partial charge in [0.15, 0.2) is 12.1 Å². The molecule has 0 saturated heterocycles. The SMILES string of the molecule is CC/C=C/C/C=C/CCCCCCCCCC(=O)OC(COCCC(C(=O)O)[N+](C)(C)C)COC(=O)CCCCCCCCCCCCCCCCCCCCCCCC. The first-order valence-electron chi connectivity index (χ1n) is 25.4. The van der Waals surface area contributed by atoms with Crippen molar-refractivity contribution >= 4 is 17.9 Å². The van der Waals surface area contributed by atoms with Gasteiger partial charge in [-0.05, 0) is 38.5 Å². The first-order valence-corrected chi connectivity index (χ1v) is 25.4. The van der Waals surface area contributed by atoms with Crippen LogP contribution in [-0.4, -0.2) is 80.6 Å². The third-order valence-electron chi connectivity index (χ3n) is 11.6. The molecule has 0 aliphatic heterocycles. The maximum Gasteiger partial charge on any atom is 0.362 e. The Labute approximate surface area is 371 Å². The van der Waals surface area contributed by atoms with Crippen LogP contribution in [0.5, 0.6) is 0 Å². The van der Waals surface area contributed by atoms with Crippen molar-refractivity contribution in [1.29, 1.82) is 0 Å². The molecule has 0 radical (unpaired) electrons. The van der Waals surface area contributed by atoms with Gasteiger partial charge in [0.2, 0.25) is 0 Å². The summed E-state index contributed by atoms with van der Waals surface area (Å²) in [5.41, 5.74) is 0. The molecule has 352 valence electrons. The van der Waals surface area contributed by atoms with Crippen molar-refractivity contribution in [2.24, 2.45) is 0 Å². The lowest BCUT2D eigenvalue weighted by Gasteiger charge is -2.31. The zero-order valence-electron chi connectivity index (χ0n) is 40.2. The highest BCUT2D eigenvalue weighted by molar-refractivity contribution is 5.72. The summed E-state index contributed by atoms with van der Waals surface area (Å²) in [6.45, 7) is 4.66. The number of carbonyl (C=O) groups excluding carboxylic acids is 2. The lowest BCUT2D eigenvalue weighted by atomic mass is 10.0. The zero-order chi connectivity index (χ0) is 44.2. The Morgan fingerprint density at radius 1 is 0.517 bits per heavy atom. The van der Waals surface area contributed by atoms with E-state index in [1.807, 2.05) is 21.1 Å². The van der Waals surface area contributed by atoms with Gasteiger partial charge in [-0.3, -0.25) is 9.59 Å². The predicted molar refractivity (Wildman–Crippen MR) is 252 cm³/mol. The van der Waals surface area contributed by atoms with Crippen LogP contribution in [0.1, 0.15) is 239 Å². The summed E-state index contributed by atoms with van der Waals surface area (Å²) in [6, 6.07) is -0.613. The van der Waals surface area contributed by atoms with E-state index in [4.69, 9.17) is 14.2 Å². The minimum Gasteiger partial charge on any atom is -0.477 e. The molecule has 0 bridgehead atoms. The number of carbonyl (C=O) groups is 3. The van der Waals surface area contributed by atoms with Crippen molar-refractivity contribution in [2.75, 3.05) is 41.0 Å². The minimum atomic E-state index is -0.874. The molecule has 60 heavy (non-hydrogen) atoms. The molecule has 0 rings (SSSR count). The van der Waals surface area contributed by atoms with Crippen molar-refractivity contribution in [3.63, 3.8) is 0 Å². The van der Waals surface area contributed by atoms with Gasteiger partial charge in [0, 0.05) is 19.3 Å². The van der Waals surface area contributed by atoms with E-state index >= 15 is 0 Å². The number of allylic oxidation sites excluding steroid dienone is 4. The predicted octanol–water partition coefficient (Wildman–Crippen LogP) is 14.4. The summed E-state index contributed by atoms with van der Waals surface area (Å²) < 4.78 is 17.3. The Morgan fingerprint density at radius 2 is 0.933 bits per heavy atom. The fourth-order valence-electron chi connectivity index (χ4n) is 7.72. The number of rotatable bonds is 46. The summed E-state index contributed by atoms with van der Waals surface area (Å²) in [5, 5.41) is 9.64. The number of aliphatic carboxylic acids is 1. The molecule has 0 aromatic carbocycles. The first-order chi connectivity index (χ1) is 29.1. The number of quaternary nitrogens is 1. The standard InChI is InChI=1S/C52H97NO7/c1-6-8-10-12-14-16-18-20-22-23-24-25-26-27-28-29-31-32-34-36-38-40-42-50(54)59-47-48(46-58-45-44-49(52(56)57)53(3,4)5)60-51(55)43-41-39-37-35-33-30-21-19-17-15-13-11-9-7-2/h9,11,15,17,48-49H,6-8,10,12-14,16,18-47H2,1-5H3/p+1/b11-9+,17-15+. The fraction of sp³-hybridized carbons (Fsp3) is 0.865. The molecule has 0 aromatic rings. The van der Waals surface area contributed by atoms with Crippen LogP contribution < -0.4 is 0 Å². The molecule has 2 atom stereocenters. The van der Waals surface area contributed by atoms with E-state index in [-0.39, 0.29) is 36.2 Å². The van der Waals surface area contributed by atoms with E-state index in [2.05, 4.69) is 38.2 Å². The van der Waals surface area contributed by atoms with Crippen LogP contribution in [0.3, 0.4) is 0 Å². The van der Waals surface area contributed by atoms with Crippen LogP contribution in [0.2, 0.25) is 0 Å². The van der Waals surface area contributed by atoms with Crippen molar-refractivity contribution in [3.05, 3.63) is 24.3 Å². The molecule has 0 spiro atoms. The van der Waals surface area contributed by atoms with Crippen molar-refractivity contribution in [3.8, 4) is 0 Å². The van der Waals surface area contributed by atoms with Gasteiger partial charge in [0.05, 0.1) is 34.4 Å². The molecule has 0 aliphatic carbocycles. The van der Waals surface area contributed by atoms with Gasteiger partial charge in [0.1, 0.15) is 6.61 Å². The van der Waals surface area contributed by atoms with Crippen molar-refractivity contribution < 1.29 is 38.2 Å². The van der Waals surface area contributed by atoms with Gasteiger partial charge < -0.3 is 23.8 Å². The molecular weight excluding hydrogens is 751 g/mol. The van der Waals surface area contributed by atoms with Crippen LogP contribution >= 0.6 is 0 Å². The quantitative estimate of drug-likeness (QED) is 0.0282. The Kier molecular flexibility index (Phi) is 41.9. The number of carboxylic acids is 1. The highest BCUT2D eigenvalue weighted by atomic mass is 16.6. The topological polar surface area (TPSA) is 99.1 Å². The van der Waals surface area contributed by atoms with E-state index in [9.17, 15) is 19.5 Å².